The van der Waals surface area contributed by atoms with Crippen LogP contribution in [-0.2, 0) is 14.3 Å². The summed E-state index contributed by atoms with van der Waals surface area (Å²) in [4.78, 5) is 19.7. The van der Waals surface area contributed by atoms with Gasteiger partial charge < -0.3 is 9.84 Å². The Morgan fingerprint density at radius 3 is 2.36 bits per heavy atom. The highest BCUT2D eigenvalue weighted by atomic mass is 16.5. The summed E-state index contributed by atoms with van der Waals surface area (Å²) in [6, 6.07) is 0. The number of hydrogen-bond donors (Lipinski definition) is 1. The number of ether oxygens (including phenoxy) is 1. The summed E-state index contributed by atoms with van der Waals surface area (Å²) in [7, 11) is 0. The number of aldehydes is 1. The third kappa shape index (κ3) is 16.9. The van der Waals surface area contributed by atoms with Crippen molar-refractivity contribution in [1.82, 2.24) is 0 Å². The largest absolute Gasteiger partial charge is 0.462 e. The molecular formula is C10H16O4. The lowest BCUT2D eigenvalue weighted by Gasteiger charge is -1.96. The fraction of sp³-hybridized carbons (Fsp3) is 0.400. The van der Waals surface area contributed by atoms with E-state index in [1.54, 1.807) is 6.92 Å². The second kappa shape index (κ2) is 11.6. The minimum absolute atomic E-state index is 0.0461. The first-order valence-corrected chi connectivity index (χ1v) is 4.09. The second-order valence-electron chi connectivity index (χ2n) is 2.41. The number of carbonyl (C=O) groups excluding carboxylic acids is 2. The summed E-state index contributed by atoms with van der Waals surface area (Å²) >= 11 is 0. The van der Waals surface area contributed by atoms with Crippen LogP contribution in [-0.4, -0.2) is 30.6 Å². The zero-order valence-corrected chi connectivity index (χ0v) is 8.36. The minimum Gasteiger partial charge on any atom is -0.462 e. The Hall–Kier alpha value is -1.42. The molecule has 0 aromatic carbocycles. The molecule has 0 aliphatic heterocycles. The predicted octanol–water partition coefficient (Wildman–Crippen LogP) is 0.859. The van der Waals surface area contributed by atoms with Gasteiger partial charge in [-0.3, -0.25) is 4.79 Å². The first-order valence-electron chi connectivity index (χ1n) is 4.09. The molecule has 0 fully saturated rings. The Morgan fingerprint density at radius 1 is 1.57 bits per heavy atom. The Labute approximate surface area is 83.9 Å². The van der Waals surface area contributed by atoms with E-state index < -0.39 is 5.97 Å². The van der Waals surface area contributed by atoms with Crippen LogP contribution in [0.4, 0.5) is 0 Å². The molecule has 4 heteroatoms. The van der Waals surface area contributed by atoms with Crippen LogP contribution in [0.3, 0.4) is 0 Å². The molecule has 14 heavy (non-hydrogen) atoms. The van der Waals surface area contributed by atoms with Gasteiger partial charge in [0.1, 0.15) is 6.29 Å². The average Bonchev–Trinajstić information content (AvgIpc) is 2.19. The normalized spacial score (nSPS) is 7.86. The van der Waals surface area contributed by atoms with Crippen LogP contribution in [0.25, 0.3) is 0 Å². The molecule has 0 heterocycles. The van der Waals surface area contributed by atoms with Crippen LogP contribution < -0.4 is 0 Å². The van der Waals surface area contributed by atoms with E-state index >= 15 is 0 Å². The van der Waals surface area contributed by atoms with E-state index in [1.165, 1.54) is 0 Å². The molecule has 0 amide bonds. The van der Waals surface area contributed by atoms with Gasteiger partial charge in [0.05, 0.1) is 6.61 Å². The molecule has 0 saturated heterocycles. The first kappa shape index (κ1) is 15.1. The van der Waals surface area contributed by atoms with Gasteiger partial charge in [0.2, 0.25) is 0 Å². The van der Waals surface area contributed by atoms with Gasteiger partial charge in [-0.05, 0) is 12.5 Å². The molecule has 0 aromatic rings. The molecule has 0 radical (unpaired) electrons. The lowest BCUT2D eigenvalue weighted by molar-refractivity contribution is -0.138. The van der Waals surface area contributed by atoms with Crippen LogP contribution in [0.5, 0.6) is 0 Å². The Morgan fingerprint density at radius 2 is 2.07 bits per heavy atom. The van der Waals surface area contributed by atoms with Crippen molar-refractivity contribution in [3.8, 4) is 0 Å². The van der Waals surface area contributed by atoms with Crippen molar-refractivity contribution in [3.63, 3.8) is 0 Å². The lowest BCUT2D eigenvalue weighted by atomic mass is 10.4. The molecular weight excluding hydrogens is 184 g/mol. The van der Waals surface area contributed by atoms with Crippen molar-refractivity contribution >= 4 is 12.3 Å². The number of allylic oxidation sites excluding steroid dienone is 1. The van der Waals surface area contributed by atoms with Crippen LogP contribution in [0.1, 0.15) is 13.3 Å². The third-order valence-electron chi connectivity index (χ3n) is 0.915. The van der Waals surface area contributed by atoms with Crippen molar-refractivity contribution < 1.29 is 19.4 Å². The standard InChI is InChI=1S/C6H10O3.C4H6O/c1-2-6(8)9-5-3-4-7;1-4(2)3-5/h2,7H,1,3-5H2;3H,1H2,2H3. The lowest BCUT2D eigenvalue weighted by Crippen LogP contribution is -2.02. The Kier molecular flexibility index (Phi) is 12.5. The molecule has 0 saturated carbocycles. The van der Waals surface area contributed by atoms with Crippen LogP contribution >= 0.6 is 0 Å². The SMILES string of the molecule is C=C(C)C=O.C=CC(=O)OCCCO. The topological polar surface area (TPSA) is 63.6 Å². The fourth-order valence-electron chi connectivity index (χ4n) is 0.296. The molecule has 0 aliphatic carbocycles. The van der Waals surface area contributed by atoms with Gasteiger partial charge in [-0.2, -0.15) is 0 Å². The molecule has 80 valence electrons. The number of rotatable bonds is 5. The highest BCUT2D eigenvalue weighted by Crippen LogP contribution is 1.82. The van der Waals surface area contributed by atoms with Crippen molar-refractivity contribution in [2.45, 2.75) is 13.3 Å². The number of hydrogen-bond acceptors (Lipinski definition) is 4. The van der Waals surface area contributed by atoms with Gasteiger partial charge in [0.25, 0.3) is 0 Å². The zero-order chi connectivity index (χ0) is 11.4. The van der Waals surface area contributed by atoms with Crippen molar-refractivity contribution in [2.24, 2.45) is 0 Å². The maximum absolute atomic E-state index is 10.3. The average molecular weight is 200 g/mol. The molecule has 0 aliphatic rings. The van der Waals surface area contributed by atoms with E-state index in [1.807, 2.05) is 0 Å². The quantitative estimate of drug-likeness (QED) is 0.309. The molecule has 0 rings (SSSR count). The first-order chi connectivity index (χ1) is 6.58. The van der Waals surface area contributed by atoms with E-state index in [2.05, 4.69) is 17.9 Å². The highest BCUT2D eigenvalue weighted by molar-refractivity contribution is 5.81. The molecule has 4 nitrogen and oxygen atoms in total. The van der Waals surface area contributed by atoms with Gasteiger partial charge in [-0.25, -0.2) is 4.79 Å². The van der Waals surface area contributed by atoms with Crippen LogP contribution in [0.15, 0.2) is 24.8 Å². The van der Waals surface area contributed by atoms with Crippen molar-refractivity contribution in [3.05, 3.63) is 24.8 Å². The monoisotopic (exact) mass is 200 g/mol. The number of carbonyl (C=O) groups is 2. The molecule has 0 bridgehead atoms. The van der Waals surface area contributed by atoms with E-state index in [4.69, 9.17) is 5.11 Å². The summed E-state index contributed by atoms with van der Waals surface area (Å²) in [6.45, 7) is 8.48. The Bertz CT molecular complexity index is 196. The summed E-state index contributed by atoms with van der Waals surface area (Å²) in [5, 5.41) is 8.23. The molecule has 0 unspecified atom stereocenters. The van der Waals surface area contributed by atoms with Gasteiger partial charge >= 0.3 is 5.97 Å². The molecule has 0 atom stereocenters. The van der Waals surface area contributed by atoms with E-state index in [0.29, 0.717) is 12.0 Å². The van der Waals surface area contributed by atoms with E-state index in [0.717, 1.165) is 12.4 Å². The van der Waals surface area contributed by atoms with E-state index in [-0.39, 0.29) is 13.2 Å². The minimum atomic E-state index is -0.441. The van der Waals surface area contributed by atoms with Gasteiger partial charge in [0.15, 0.2) is 0 Å². The van der Waals surface area contributed by atoms with Crippen molar-refractivity contribution in [1.29, 1.82) is 0 Å². The Balaban J connectivity index is 0. The molecule has 1 N–H and O–H groups in total. The zero-order valence-electron chi connectivity index (χ0n) is 8.36. The summed E-state index contributed by atoms with van der Waals surface area (Å²) < 4.78 is 4.51. The second-order valence-corrected chi connectivity index (χ2v) is 2.41. The predicted molar refractivity (Wildman–Crippen MR) is 53.7 cm³/mol. The van der Waals surface area contributed by atoms with Crippen LogP contribution in [0.2, 0.25) is 0 Å². The van der Waals surface area contributed by atoms with E-state index in [9.17, 15) is 9.59 Å². The molecule has 0 spiro atoms. The fourth-order valence-corrected chi connectivity index (χ4v) is 0.296. The maximum atomic E-state index is 10.3. The number of aliphatic hydroxyl groups is 1. The van der Waals surface area contributed by atoms with Gasteiger partial charge in [-0.15, -0.1) is 0 Å². The number of esters is 1. The van der Waals surface area contributed by atoms with Crippen molar-refractivity contribution in [2.75, 3.05) is 13.2 Å². The van der Waals surface area contributed by atoms with Gasteiger partial charge in [0, 0.05) is 19.1 Å². The summed E-state index contributed by atoms with van der Waals surface area (Å²) in [6.07, 6.45) is 2.30. The number of aliphatic hydroxyl groups excluding tert-OH is 1. The smallest absolute Gasteiger partial charge is 0.330 e. The van der Waals surface area contributed by atoms with Crippen LogP contribution in [0, 0.1) is 0 Å². The maximum Gasteiger partial charge on any atom is 0.330 e. The third-order valence-corrected chi connectivity index (χ3v) is 0.915. The molecule has 0 aromatic heterocycles. The summed E-state index contributed by atoms with van der Waals surface area (Å²) in [5.74, 6) is -0.441. The van der Waals surface area contributed by atoms with Gasteiger partial charge in [-0.1, -0.05) is 13.2 Å². The summed E-state index contributed by atoms with van der Waals surface area (Å²) in [5.41, 5.74) is 0.574. The highest BCUT2D eigenvalue weighted by Gasteiger charge is 1.91.